The molecular weight excluding hydrogens is 440 g/mol. The zero-order valence-corrected chi connectivity index (χ0v) is 18.8. The van der Waals surface area contributed by atoms with Gasteiger partial charge in [-0.25, -0.2) is 4.98 Å². The molecule has 0 aliphatic rings. The van der Waals surface area contributed by atoms with E-state index < -0.39 is 10.8 Å². The molecule has 8 nitrogen and oxygen atoms in total. The van der Waals surface area contributed by atoms with Crippen molar-refractivity contribution in [3.8, 4) is 5.69 Å². The van der Waals surface area contributed by atoms with Crippen LogP contribution in [0.4, 0.5) is 5.69 Å². The van der Waals surface area contributed by atoms with E-state index >= 15 is 0 Å². The Morgan fingerprint density at radius 1 is 1.12 bits per heavy atom. The normalized spacial score (nSPS) is 11.0. The fourth-order valence-electron chi connectivity index (χ4n) is 3.55. The zero-order valence-electron chi connectivity index (χ0n) is 17.9. The van der Waals surface area contributed by atoms with Gasteiger partial charge in [-0.2, -0.15) is 0 Å². The van der Waals surface area contributed by atoms with Crippen molar-refractivity contribution in [2.45, 2.75) is 24.8 Å². The lowest BCUT2D eigenvalue weighted by Gasteiger charge is -2.16. The SMILES string of the molecule is Cc1cccc(-n2c(SCc3ccc(C(N)=O)cc3[N+](=O)[O-])nc3ccccc3c2=O)c1C. The summed E-state index contributed by atoms with van der Waals surface area (Å²) in [5.41, 5.74) is 8.52. The Morgan fingerprint density at radius 2 is 1.88 bits per heavy atom. The summed E-state index contributed by atoms with van der Waals surface area (Å²) in [5.74, 6) is -0.567. The monoisotopic (exact) mass is 460 g/mol. The van der Waals surface area contributed by atoms with E-state index in [1.54, 1.807) is 28.8 Å². The molecule has 0 fully saturated rings. The van der Waals surface area contributed by atoms with Gasteiger partial charge in [0.1, 0.15) is 0 Å². The first-order valence-electron chi connectivity index (χ1n) is 10.1. The number of para-hydroxylation sites is 1. The molecule has 0 saturated heterocycles. The number of fused-ring (bicyclic) bond motifs is 1. The van der Waals surface area contributed by atoms with Gasteiger partial charge in [0.25, 0.3) is 11.2 Å². The molecule has 0 atom stereocenters. The maximum atomic E-state index is 13.5. The van der Waals surface area contributed by atoms with Crippen molar-refractivity contribution in [1.82, 2.24) is 9.55 Å². The third-order valence-corrected chi connectivity index (χ3v) is 6.47. The van der Waals surface area contributed by atoms with Gasteiger partial charge in [0.2, 0.25) is 5.91 Å². The van der Waals surface area contributed by atoms with E-state index in [1.807, 2.05) is 32.0 Å². The van der Waals surface area contributed by atoms with Crippen LogP contribution >= 0.6 is 11.8 Å². The third-order valence-electron chi connectivity index (χ3n) is 5.49. The van der Waals surface area contributed by atoms with Crippen molar-refractivity contribution >= 4 is 34.3 Å². The number of nitro benzene ring substituents is 1. The van der Waals surface area contributed by atoms with Gasteiger partial charge >= 0.3 is 0 Å². The number of nitrogens with two attached hydrogens (primary N) is 1. The summed E-state index contributed by atoms with van der Waals surface area (Å²) in [6.45, 7) is 3.91. The number of nitrogens with zero attached hydrogens (tertiary/aromatic N) is 3. The van der Waals surface area contributed by atoms with Crippen molar-refractivity contribution in [2.75, 3.05) is 0 Å². The molecule has 4 rings (SSSR count). The molecule has 2 N–H and O–H groups in total. The minimum Gasteiger partial charge on any atom is -0.366 e. The Hall–Kier alpha value is -3.98. The highest BCUT2D eigenvalue weighted by Crippen LogP contribution is 2.30. The highest BCUT2D eigenvalue weighted by atomic mass is 32.2. The quantitative estimate of drug-likeness (QED) is 0.198. The van der Waals surface area contributed by atoms with E-state index in [0.717, 1.165) is 11.1 Å². The number of hydrogen-bond donors (Lipinski definition) is 1. The summed E-state index contributed by atoms with van der Waals surface area (Å²) in [5, 5.41) is 12.5. The number of aromatic nitrogens is 2. The molecule has 0 unspecified atom stereocenters. The number of thioether (sulfide) groups is 1. The first-order chi connectivity index (χ1) is 15.8. The molecule has 1 amide bonds. The number of rotatable bonds is 6. The molecule has 0 aliphatic carbocycles. The van der Waals surface area contributed by atoms with Crippen LogP contribution in [0, 0.1) is 24.0 Å². The van der Waals surface area contributed by atoms with Gasteiger partial charge in [-0.15, -0.1) is 0 Å². The van der Waals surface area contributed by atoms with Gasteiger partial charge in [-0.3, -0.25) is 24.3 Å². The Kier molecular flexibility index (Phi) is 5.97. The van der Waals surface area contributed by atoms with Crippen molar-refractivity contribution in [2.24, 2.45) is 5.73 Å². The lowest BCUT2D eigenvalue weighted by Crippen LogP contribution is -2.22. The molecule has 166 valence electrons. The summed E-state index contributed by atoms with van der Waals surface area (Å²) in [6, 6.07) is 16.9. The smallest absolute Gasteiger partial charge is 0.274 e. The minimum absolute atomic E-state index is 0.0616. The molecule has 1 aromatic heterocycles. The van der Waals surface area contributed by atoms with Crippen LogP contribution in [0.3, 0.4) is 0 Å². The summed E-state index contributed by atoms with van der Waals surface area (Å²) in [4.78, 5) is 40.6. The summed E-state index contributed by atoms with van der Waals surface area (Å²) >= 11 is 1.22. The summed E-state index contributed by atoms with van der Waals surface area (Å²) in [7, 11) is 0. The fourth-order valence-corrected chi connectivity index (χ4v) is 4.55. The average Bonchev–Trinajstić information content (AvgIpc) is 2.80. The fraction of sp³-hybridized carbons (Fsp3) is 0.125. The van der Waals surface area contributed by atoms with Crippen LogP contribution in [0.15, 0.2) is 70.6 Å². The number of aryl methyl sites for hydroxylation is 1. The summed E-state index contributed by atoms with van der Waals surface area (Å²) in [6.07, 6.45) is 0. The van der Waals surface area contributed by atoms with Gasteiger partial charge in [0.15, 0.2) is 5.16 Å². The van der Waals surface area contributed by atoms with Crippen molar-refractivity contribution < 1.29 is 9.72 Å². The second-order valence-corrected chi connectivity index (χ2v) is 8.47. The van der Waals surface area contributed by atoms with Gasteiger partial charge < -0.3 is 5.73 Å². The number of primary amides is 1. The second kappa shape index (κ2) is 8.87. The largest absolute Gasteiger partial charge is 0.366 e. The Bertz CT molecular complexity index is 1480. The molecule has 0 bridgehead atoms. The molecule has 1 heterocycles. The van der Waals surface area contributed by atoms with Crippen LogP contribution in [0.25, 0.3) is 16.6 Å². The van der Waals surface area contributed by atoms with Crippen LogP contribution in [-0.2, 0) is 5.75 Å². The van der Waals surface area contributed by atoms with Gasteiger partial charge in [-0.1, -0.05) is 42.1 Å². The molecule has 9 heteroatoms. The predicted molar refractivity (Wildman–Crippen MR) is 128 cm³/mol. The molecule has 4 aromatic rings. The van der Waals surface area contributed by atoms with Crippen LogP contribution < -0.4 is 11.3 Å². The Balaban J connectivity index is 1.85. The number of amides is 1. The maximum absolute atomic E-state index is 13.5. The minimum atomic E-state index is -0.739. The second-order valence-electron chi connectivity index (χ2n) is 7.52. The van der Waals surface area contributed by atoms with Crippen LogP contribution in [0.5, 0.6) is 0 Å². The van der Waals surface area contributed by atoms with Gasteiger partial charge in [-0.05, 0) is 49.2 Å². The van der Waals surface area contributed by atoms with E-state index in [9.17, 15) is 19.7 Å². The highest BCUT2D eigenvalue weighted by molar-refractivity contribution is 7.98. The topological polar surface area (TPSA) is 121 Å². The lowest BCUT2D eigenvalue weighted by molar-refractivity contribution is -0.385. The molecule has 0 radical (unpaired) electrons. The molecular formula is C24H20N4O4S. The molecule has 33 heavy (non-hydrogen) atoms. The molecule has 0 aliphatic heterocycles. The number of carbonyl (C=O) groups is 1. The van der Waals surface area contributed by atoms with Gasteiger partial charge in [0.05, 0.1) is 21.5 Å². The Morgan fingerprint density at radius 3 is 2.61 bits per heavy atom. The van der Waals surface area contributed by atoms with Crippen molar-refractivity contribution in [1.29, 1.82) is 0 Å². The highest BCUT2D eigenvalue weighted by Gasteiger charge is 2.20. The van der Waals surface area contributed by atoms with E-state index in [1.165, 1.54) is 30.0 Å². The van der Waals surface area contributed by atoms with Crippen LogP contribution in [-0.4, -0.2) is 20.4 Å². The van der Waals surface area contributed by atoms with Crippen LogP contribution in [0.1, 0.15) is 27.0 Å². The molecule has 0 spiro atoms. The first-order valence-corrected chi connectivity index (χ1v) is 11.0. The van der Waals surface area contributed by atoms with Crippen molar-refractivity contribution in [3.05, 3.63) is 103 Å². The standard InChI is InChI=1S/C24H20N4O4S/c1-14-6-5-9-20(15(14)2)27-23(30)18-7-3-4-8-19(18)26-24(27)33-13-17-11-10-16(22(25)29)12-21(17)28(31)32/h3-12H,13H2,1-2H3,(H2,25,29). The predicted octanol–water partition coefficient (Wildman–Crippen LogP) is 4.30. The number of nitro groups is 1. The first kappa shape index (κ1) is 22.2. The van der Waals surface area contributed by atoms with Gasteiger partial charge in [0, 0.05) is 22.9 Å². The third kappa shape index (κ3) is 4.22. The number of benzene rings is 3. The maximum Gasteiger partial charge on any atom is 0.274 e. The number of carbonyl (C=O) groups excluding carboxylic acids is 1. The van der Waals surface area contributed by atoms with Crippen LogP contribution in [0.2, 0.25) is 0 Å². The molecule has 3 aromatic carbocycles. The average molecular weight is 461 g/mol. The lowest BCUT2D eigenvalue weighted by atomic mass is 10.1. The van der Waals surface area contributed by atoms with Crippen molar-refractivity contribution in [3.63, 3.8) is 0 Å². The molecule has 0 saturated carbocycles. The van der Waals surface area contributed by atoms with E-state index in [4.69, 9.17) is 10.7 Å². The summed E-state index contributed by atoms with van der Waals surface area (Å²) < 4.78 is 1.55. The zero-order chi connectivity index (χ0) is 23.7. The van der Waals surface area contributed by atoms with E-state index in [2.05, 4.69) is 0 Å². The van der Waals surface area contributed by atoms with E-state index in [0.29, 0.717) is 27.3 Å². The van der Waals surface area contributed by atoms with E-state index in [-0.39, 0.29) is 22.6 Å². The Labute approximate surface area is 193 Å². The number of hydrogen-bond acceptors (Lipinski definition) is 6.